The van der Waals surface area contributed by atoms with Crippen molar-refractivity contribution in [1.82, 2.24) is 5.32 Å². The van der Waals surface area contributed by atoms with Crippen LogP contribution in [-0.4, -0.2) is 31.6 Å². The molecule has 20 heavy (non-hydrogen) atoms. The number of hydrogen-bond donors (Lipinski definition) is 1. The third kappa shape index (κ3) is 2.82. The molecule has 1 saturated heterocycles. The molecule has 1 fully saturated rings. The van der Waals surface area contributed by atoms with E-state index in [4.69, 9.17) is 9.47 Å². The van der Waals surface area contributed by atoms with Gasteiger partial charge in [-0.3, -0.25) is 4.79 Å². The number of benzene rings is 1. The monoisotopic (exact) mass is 277 g/mol. The van der Waals surface area contributed by atoms with Gasteiger partial charge >= 0.3 is 5.97 Å². The Morgan fingerprint density at radius 2 is 2.05 bits per heavy atom. The molecule has 2 unspecified atom stereocenters. The van der Waals surface area contributed by atoms with E-state index in [9.17, 15) is 9.59 Å². The van der Waals surface area contributed by atoms with Crippen molar-refractivity contribution in [2.45, 2.75) is 32.4 Å². The fourth-order valence-corrected chi connectivity index (χ4v) is 2.47. The highest BCUT2D eigenvalue weighted by Crippen LogP contribution is 2.25. The second-order valence-corrected chi connectivity index (χ2v) is 4.94. The fourth-order valence-electron chi connectivity index (χ4n) is 2.47. The molecule has 2 atom stereocenters. The van der Waals surface area contributed by atoms with Crippen molar-refractivity contribution in [2.24, 2.45) is 0 Å². The molecule has 0 aliphatic carbocycles. The molecular formula is C15H19NO4. The van der Waals surface area contributed by atoms with Gasteiger partial charge < -0.3 is 14.8 Å². The molecule has 1 aromatic carbocycles. The first kappa shape index (κ1) is 14.5. The van der Waals surface area contributed by atoms with Gasteiger partial charge in [0.1, 0.15) is 6.04 Å². The third-order valence-electron chi connectivity index (χ3n) is 3.53. The maximum absolute atomic E-state index is 12.3. The van der Waals surface area contributed by atoms with E-state index in [1.807, 2.05) is 32.0 Å². The number of hydrogen-bond acceptors (Lipinski definition) is 4. The van der Waals surface area contributed by atoms with Crippen LogP contribution in [0.15, 0.2) is 18.2 Å². The lowest BCUT2D eigenvalue weighted by Crippen LogP contribution is -2.41. The molecular weight excluding hydrogens is 258 g/mol. The SMILES string of the molecule is COC(C(=O)NC1CCOC1=O)c1c(C)cccc1C. The van der Waals surface area contributed by atoms with Crippen LogP contribution in [0.5, 0.6) is 0 Å². The number of nitrogens with one attached hydrogen (secondary N) is 1. The van der Waals surface area contributed by atoms with Crippen LogP contribution >= 0.6 is 0 Å². The minimum atomic E-state index is -0.718. The van der Waals surface area contributed by atoms with Gasteiger partial charge in [-0.2, -0.15) is 0 Å². The average molecular weight is 277 g/mol. The zero-order valence-corrected chi connectivity index (χ0v) is 11.9. The third-order valence-corrected chi connectivity index (χ3v) is 3.53. The first-order valence-corrected chi connectivity index (χ1v) is 6.60. The first-order chi connectivity index (χ1) is 9.54. The van der Waals surface area contributed by atoms with Crippen LogP contribution < -0.4 is 5.32 Å². The van der Waals surface area contributed by atoms with Gasteiger partial charge in [0.2, 0.25) is 0 Å². The number of cyclic esters (lactones) is 1. The Bertz CT molecular complexity index is 506. The summed E-state index contributed by atoms with van der Waals surface area (Å²) in [6.45, 7) is 4.22. The molecule has 1 aromatic rings. The number of rotatable bonds is 4. The van der Waals surface area contributed by atoms with Gasteiger partial charge in [-0.25, -0.2) is 4.79 Å². The standard InChI is InChI=1S/C15H19NO4/c1-9-5-4-6-10(2)12(9)13(19-3)14(17)16-11-7-8-20-15(11)18/h4-6,11,13H,7-8H2,1-3H3,(H,16,17). The number of esters is 1. The second-order valence-electron chi connectivity index (χ2n) is 4.94. The smallest absolute Gasteiger partial charge is 0.328 e. The zero-order valence-electron chi connectivity index (χ0n) is 11.9. The van der Waals surface area contributed by atoms with Gasteiger partial charge in [0.15, 0.2) is 6.10 Å². The summed E-state index contributed by atoms with van der Waals surface area (Å²) in [4.78, 5) is 23.8. The molecule has 1 aliphatic heterocycles. The number of ether oxygens (including phenoxy) is 2. The number of methoxy groups -OCH3 is 1. The van der Waals surface area contributed by atoms with Crippen LogP contribution in [-0.2, 0) is 19.1 Å². The topological polar surface area (TPSA) is 64.6 Å². The van der Waals surface area contributed by atoms with E-state index in [0.29, 0.717) is 13.0 Å². The summed E-state index contributed by atoms with van der Waals surface area (Å²) in [6.07, 6.45) is -0.210. The Labute approximate surface area is 118 Å². The number of carbonyl (C=O) groups is 2. The van der Waals surface area contributed by atoms with Crippen molar-refractivity contribution in [1.29, 1.82) is 0 Å². The second kappa shape index (κ2) is 6.05. The van der Waals surface area contributed by atoms with Crippen molar-refractivity contribution in [2.75, 3.05) is 13.7 Å². The van der Waals surface area contributed by atoms with E-state index in [1.54, 1.807) is 0 Å². The van der Waals surface area contributed by atoms with Crippen LogP contribution in [0.25, 0.3) is 0 Å². The number of carbonyl (C=O) groups excluding carboxylic acids is 2. The molecule has 1 amide bonds. The van der Waals surface area contributed by atoms with E-state index < -0.39 is 12.1 Å². The minimum absolute atomic E-state index is 0.311. The van der Waals surface area contributed by atoms with Crippen LogP contribution in [0, 0.1) is 13.8 Å². The molecule has 1 N–H and O–H groups in total. The van der Waals surface area contributed by atoms with Crippen molar-refractivity contribution >= 4 is 11.9 Å². The van der Waals surface area contributed by atoms with E-state index in [2.05, 4.69) is 5.32 Å². The Morgan fingerprint density at radius 1 is 1.40 bits per heavy atom. The molecule has 5 nitrogen and oxygen atoms in total. The quantitative estimate of drug-likeness (QED) is 0.845. The molecule has 0 bridgehead atoms. The maximum Gasteiger partial charge on any atom is 0.328 e. The predicted molar refractivity (Wildman–Crippen MR) is 73.2 cm³/mol. The van der Waals surface area contributed by atoms with Crippen LogP contribution in [0.3, 0.4) is 0 Å². The molecule has 2 rings (SSSR count). The molecule has 1 heterocycles. The summed E-state index contributed by atoms with van der Waals surface area (Å²) in [5.41, 5.74) is 2.82. The summed E-state index contributed by atoms with van der Waals surface area (Å²) in [5.74, 6) is -0.691. The molecule has 0 saturated carbocycles. The van der Waals surface area contributed by atoms with Gasteiger partial charge in [-0.15, -0.1) is 0 Å². The molecule has 0 radical (unpaired) electrons. The van der Waals surface area contributed by atoms with E-state index in [0.717, 1.165) is 16.7 Å². The van der Waals surface area contributed by atoms with Gasteiger partial charge in [0, 0.05) is 13.5 Å². The molecule has 108 valence electrons. The average Bonchev–Trinajstić information content (AvgIpc) is 2.79. The van der Waals surface area contributed by atoms with Gasteiger partial charge in [0.25, 0.3) is 5.91 Å². The van der Waals surface area contributed by atoms with Crippen molar-refractivity contribution in [3.8, 4) is 0 Å². The lowest BCUT2D eigenvalue weighted by molar-refractivity contribution is -0.143. The number of aryl methyl sites for hydroxylation is 2. The highest BCUT2D eigenvalue weighted by atomic mass is 16.5. The Hall–Kier alpha value is -1.88. The highest BCUT2D eigenvalue weighted by molar-refractivity contribution is 5.88. The van der Waals surface area contributed by atoms with E-state index in [-0.39, 0.29) is 11.9 Å². The van der Waals surface area contributed by atoms with E-state index in [1.165, 1.54) is 7.11 Å². The zero-order chi connectivity index (χ0) is 14.7. The Morgan fingerprint density at radius 3 is 2.55 bits per heavy atom. The summed E-state index contributed by atoms with van der Waals surface area (Å²) in [7, 11) is 1.49. The molecule has 1 aliphatic rings. The summed E-state index contributed by atoms with van der Waals surface area (Å²) in [6, 6.07) is 5.24. The van der Waals surface area contributed by atoms with Gasteiger partial charge in [0.05, 0.1) is 6.61 Å². The highest BCUT2D eigenvalue weighted by Gasteiger charge is 2.32. The first-order valence-electron chi connectivity index (χ1n) is 6.60. The Kier molecular flexibility index (Phi) is 4.39. The van der Waals surface area contributed by atoms with Crippen LogP contribution in [0.1, 0.15) is 29.2 Å². The molecule has 0 spiro atoms. The van der Waals surface area contributed by atoms with Crippen molar-refractivity contribution in [3.63, 3.8) is 0 Å². The van der Waals surface area contributed by atoms with Crippen molar-refractivity contribution in [3.05, 3.63) is 34.9 Å². The largest absolute Gasteiger partial charge is 0.464 e. The summed E-state index contributed by atoms with van der Waals surface area (Å²) < 4.78 is 10.2. The number of amides is 1. The lowest BCUT2D eigenvalue weighted by Gasteiger charge is -2.21. The van der Waals surface area contributed by atoms with Gasteiger partial charge in [-0.05, 0) is 30.5 Å². The van der Waals surface area contributed by atoms with Crippen LogP contribution in [0.2, 0.25) is 0 Å². The summed E-state index contributed by atoms with van der Waals surface area (Å²) in [5, 5.41) is 2.69. The molecule has 0 aromatic heterocycles. The predicted octanol–water partition coefficient (Wildman–Crippen LogP) is 1.42. The lowest BCUT2D eigenvalue weighted by atomic mass is 9.97. The Balaban J connectivity index is 2.19. The minimum Gasteiger partial charge on any atom is -0.464 e. The van der Waals surface area contributed by atoms with Crippen molar-refractivity contribution < 1.29 is 19.1 Å². The van der Waals surface area contributed by atoms with Gasteiger partial charge in [-0.1, -0.05) is 18.2 Å². The molecule has 5 heteroatoms. The van der Waals surface area contributed by atoms with Crippen LogP contribution in [0.4, 0.5) is 0 Å². The van der Waals surface area contributed by atoms with E-state index >= 15 is 0 Å². The maximum atomic E-state index is 12.3. The normalized spacial score (nSPS) is 19.6. The fraction of sp³-hybridized carbons (Fsp3) is 0.467. The summed E-state index contributed by atoms with van der Waals surface area (Å²) >= 11 is 0.